The second-order valence-corrected chi connectivity index (χ2v) is 5.54. The SMILES string of the molecule is CCOC1CC(CN2CCCC2c2ncc[nH]2)C1. The third-order valence-electron chi connectivity index (χ3n) is 4.29. The third kappa shape index (κ3) is 2.45. The molecule has 3 rings (SSSR count). The van der Waals surface area contributed by atoms with Crippen LogP contribution in [0.25, 0.3) is 0 Å². The summed E-state index contributed by atoms with van der Waals surface area (Å²) in [5, 5.41) is 0. The van der Waals surface area contributed by atoms with E-state index in [0.29, 0.717) is 12.1 Å². The van der Waals surface area contributed by atoms with E-state index in [0.717, 1.165) is 18.3 Å². The van der Waals surface area contributed by atoms with Crippen LogP contribution < -0.4 is 0 Å². The molecule has 100 valence electrons. The molecule has 1 saturated carbocycles. The molecule has 2 aliphatic rings. The normalized spacial score (nSPS) is 32.6. The van der Waals surface area contributed by atoms with Crippen molar-refractivity contribution < 1.29 is 4.74 Å². The summed E-state index contributed by atoms with van der Waals surface area (Å²) in [4.78, 5) is 10.3. The molecule has 1 N–H and O–H groups in total. The van der Waals surface area contributed by atoms with Gasteiger partial charge in [0.05, 0.1) is 12.1 Å². The van der Waals surface area contributed by atoms with Crippen molar-refractivity contribution in [2.45, 2.75) is 44.8 Å². The Bertz CT molecular complexity index is 359. The molecule has 0 bridgehead atoms. The second kappa shape index (κ2) is 5.41. The highest BCUT2D eigenvalue weighted by atomic mass is 16.5. The predicted molar refractivity (Wildman–Crippen MR) is 70.3 cm³/mol. The zero-order valence-corrected chi connectivity index (χ0v) is 11.1. The third-order valence-corrected chi connectivity index (χ3v) is 4.29. The molecule has 1 unspecified atom stereocenters. The van der Waals surface area contributed by atoms with Gasteiger partial charge in [-0.1, -0.05) is 0 Å². The van der Waals surface area contributed by atoms with Gasteiger partial charge in [0.1, 0.15) is 5.82 Å². The molecule has 0 aromatic carbocycles. The van der Waals surface area contributed by atoms with Gasteiger partial charge in [-0.3, -0.25) is 4.90 Å². The molecule has 1 aromatic heterocycles. The van der Waals surface area contributed by atoms with Gasteiger partial charge < -0.3 is 9.72 Å². The molecule has 1 aliphatic carbocycles. The number of rotatable bonds is 5. The van der Waals surface area contributed by atoms with Crippen LogP contribution in [-0.4, -0.2) is 40.7 Å². The zero-order valence-electron chi connectivity index (χ0n) is 11.1. The van der Waals surface area contributed by atoms with E-state index in [1.807, 2.05) is 12.4 Å². The number of ether oxygens (including phenoxy) is 1. The van der Waals surface area contributed by atoms with Crippen LogP contribution >= 0.6 is 0 Å². The van der Waals surface area contributed by atoms with Crippen LogP contribution in [0.3, 0.4) is 0 Å². The summed E-state index contributed by atoms with van der Waals surface area (Å²) < 4.78 is 5.63. The van der Waals surface area contributed by atoms with E-state index in [2.05, 4.69) is 21.8 Å². The highest BCUT2D eigenvalue weighted by molar-refractivity contribution is 5.00. The molecule has 1 saturated heterocycles. The molecule has 2 fully saturated rings. The Kier molecular flexibility index (Phi) is 3.66. The number of likely N-dealkylation sites (tertiary alicyclic amines) is 1. The topological polar surface area (TPSA) is 41.1 Å². The summed E-state index contributed by atoms with van der Waals surface area (Å²) in [7, 11) is 0. The van der Waals surface area contributed by atoms with Crippen molar-refractivity contribution in [2.24, 2.45) is 5.92 Å². The van der Waals surface area contributed by atoms with Gasteiger partial charge in [0, 0.05) is 25.5 Å². The first-order valence-electron chi connectivity index (χ1n) is 7.21. The molecule has 4 nitrogen and oxygen atoms in total. The van der Waals surface area contributed by atoms with E-state index in [9.17, 15) is 0 Å². The molecule has 1 aromatic rings. The first-order chi connectivity index (χ1) is 8.86. The molecule has 2 heterocycles. The fraction of sp³-hybridized carbons (Fsp3) is 0.786. The van der Waals surface area contributed by atoms with Crippen LogP contribution in [0.1, 0.15) is 44.5 Å². The zero-order chi connectivity index (χ0) is 12.4. The molecule has 18 heavy (non-hydrogen) atoms. The Morgan fingerprint density at radius 1 is 1.50 bits per heavy atom. The van der Waals surface area contributed by atoms with Gasteiger partial charge in [-0.05, 0) is 45.1 Å². The average molecular weight is 249 g/mol. The fourth-order valence-corrected chi connectivity index (χ4v) is 3.34. The number of imidazole rings is 1. The Morgan fingerprint density at radius 2 is 2.39 bits per heavy atom. The van der Waals surface area contributed by atoms with E-state index in [-0.39, 0.29) is 0 Å². The minimum Gasteiger partial charge on any atom is -0.378 e. The highest BCUT2D eigenvalue weighted by Gasteiger charge is 2.35. The molecule has 1 atom stereocenters. The first kappa shape index (κ1) is 12.2. The minimum absolute atomic E-state index is 0.520. The van der Waals surface area contributed by atoms with Crippen LogP contribution in [-0.2, 0) is 4.74 Å². The lowest BCUT2D eigenvalue weighted by Gasteiger charge is -2.38. The van der Waals surface area contributed by atoms with Gasteiger partial charge in [0.25, 0.3) is 0 Å². The van der Waals surface area contributed by atoms with Crippen LogP contribution in [0.2, 0.25) is 0 Å². The largest absolute Gasteiger partial charge is 0.378 e. The van der Waals surface area contributed by atoms with Gasteiger partial charge in [-0.25, -0.2) is 4.98 Å². The second-order valence-electron chi connectivity index (χ2n) is 5.54. The fourth-order valence-electron chi connectivity index (χ4n) is 3.34. The van der Waals surface area contributed by atoms with Crippen LogP contribution in [0.5, 0.6) is 0 Å². The number of aromatic nitrogens is 2. The quantitative estimate of drug-likeness (QED) is 0.871. The number of hydrogen-bond donors (Lipinski definition) is 1. The monoisotopic (exact) mass is 249 g/mol. The van der Waals surface area contributed by atoms with Crippen molar-refractivity contribution in [3.05, 3.63) is 18.2 Å². The molecule has 4 heteroatoms. The maximum absolute atomic E-state index is 5.63. The van der Waals surface area contributed by atoms with Crippen molar-refractivity contribution in [3.8, 4) is 0 Å². The molecule has 0 amide bonds. The van der Waals surface area contributed by atoms with Crippen LogP contribution in [0, 0.1) is 5.92 Å². The first-order valence-corrected chi connectivity index (χ1v) is 7.21. The maximum atomic E-state index is 5.63. The van der Waals surface area contributed by atoms with E-state index in [1.54, 1.807) is 0 Å². The smallest absolute Gasteiger partial charge is 0.123 e. The van der Waals surface area contributed by atoms with Gasteiger partial charge in [0.15, 0.2) is 0 Å². The maximum Gasteiger partial charge on any atom is 0.123 e. The molecule has 0 spiro atoms. The van der Waals surface area contributed by atoms with E-state index < -0.39 is 0 Å². The minimum atomic E-state index is 0.520. The number of H-pyrrole nitrogens is 1. The summed E-state index contributed by atoms with van der Waals surface area (Å²) in [5.41, 5.74) is 0. The van der Waals surface area contributed by atoms with E-state index in [4.69, 9.17) is 4.74 Å². The van der Waals surface area contributed by atoms with E-state index >= 15 is 0 Å². The lowest BCUT2D eigenvalue weighted by atomic mass is 9.82. The van der Waals surface area contributed by atoms with Crippen LogP contribution in [0.4, 0.5) is 0 Å². The number of hydrogen-bond acceptors (Lipinski definition) is 3. The summed E-state index contributed by atoms with van der Waals surface area (Å²) in [5.74, 6) is 1.98. The standard InChI is InChI=1S/C14H23N3O/c1-2-18-12-8-11(9-12)10-17-7-3-4-13(17)14-15-5-6-16-14/h5-6,11-13H,2-4,7-10H2,1H3,(H,15,16). The van der Waals surface area contributed by atoms with Gasteiger partial charge in [-0.15, -0.1) is 0 Å². The molecular formula is C14H23N3O. The Labute approximate surface area is 109 Å². The van der Waals surface area contributed by atoms with Crippen molar-refractivity contribution >= 4 is 0 Å². The number of nitrogens with zero attached hydrogens (tertiary/aromatic N) is 2. The Balaban J connectivity index is 1.51. The summed E-state index contributed by atoms with van der Waals surface area (Å²) in [6, 6.07) is 0.520. The number of nitrogens with one attached hydrogen (secondary N) is 1. The predicted octanol–water partition coefficient (Wildman–Crippen LogP) is 2.36. The van der Waals surface area contributed by atoms with Crippen LogP contribution in [0.15, 0.2) is 12.4 Å². The van der Waals surface area contributed by atoms with E-state index in [1.165, 1.54) is 38.8 Å². The van der Waals surface area contributed by atoms with Gasteiger partial charge in [0.2, 0.25) is 0 Å². The molecular weight excluding hydrogens is 226 g/mol. The summed E-state index contributed by atoms with van der Waals surface area (Å²) in [6.07, 6.45) is 9.36. The Hall–Kier alpha value is -0.870. The average Bonchev–Trinajstić information content (AvgIpc) is 2.96. The van der Waals surface area contributed by atoms with Gasteiger partial charge >= 0.3 is 0 Å². The molecule has 1 aliphatic heterocycles. The summed E-state index contributed by atoms with van der Waals surface area (Å²) >= 11 is 0. The lowest BCUT2D eigenvalue weighted by Crippen LogP contribution is -2.39. The van der Waals surface area contributed by atoms with Crippen molar-refractivity contribution in [1.29, 1.82) is 0 Å². The van der Waals surface area contributed by atoms with Gasteiger partial charge in [-0.2, -0.15) is 0 Å². The number of aromatic amines is 1. The Morgan fingerprint density at radius 3 is 3.11 bits per heavy atom. The highest BCUT2D eigenvalue weighted by Crippen LogP contribution is 2.36. The lowest BCUT2D eigenvalue weighted by molar-refractivity contribution is -0.0347. The van der Waals surface area contributed by atoms with Crippen molar-refractivity contribution in [1.82, 2.24) is 14.9 Å². The summed E-state index contributed by atoms with van der Waals surface area (Å²) in [6.45, 7) is 5.38. The van der Waals surface area contributed by atoms with Crippen molar-refractivity contribution in [3.63, 3.8) is 0 Å². The van der Waals surface area contributed by atoms with Crippen molar-refractivity contribution in [2.75, 3.05) is 19.7 Å². The molecule has 0 radical (unpaired) electrons.